The molecule has 0 spiro atoms. The highest BCUT2D eigenvalue weighted by molar-refractivity contribution is 5.74. The number of aliphatic hydroxyl groups is 1. The first-order valence-corrected chi connectivity index (χ1v) is 7.33. The summed E-state index contributed by atoms with van der Waals surface area (Å²) in [6, 6.07) is 16.0. The van der Waals surface area contributed by atoms with E-state index in [1.54, 1.807) is 12.4 Å². The van der Waals surface area contributed by atoms with Crippen molar-refractivity contribution in [1.82, 2.24) is 14.9 Å². The Morgan fingerprint density at radius 3 is 2.50 bits per heavy atom. The van der Waals surface area contributed by atoms with Crippen LogP contribution in [0.3, 0.4) is 0 Å². The number of rotatable bonds is 5. The van der Waals surface area contributed by atoms with Gasteiger partial charge in [-0.3, -0.25) is 14.9 Å². The minimum Gasteiger partial charge on any atom is -0.387 e. The van der Waals surface area contributed by atoms with E-state index in [1.165, 1.54) is 5.56 Å². The Labute approximate surface area is 130 Å². The van der Waals surface area contributed by atoms with E-state index in [0.717, 1.165) is 23.1 Å². The molecule has 0 saturated heterocycles. The monoisotopic (exact) mass is 293 g/mol. The minimum atomic E-state index is -0.542. The molecular weight excluding hydrogens is 274 g/mol. The summed E-state index contributed by atoms with van der Waals surface area (Å²) >= 11 is 0. The maximum absolute atomic E-state index is 10.4. The molecule has 1 heterocycles. The molecule has 3 aromatic rings. The van der Waals surface area contributed by atoms with Gasteiger partial charge in [0.1, 0.15) is 0 Å². The van der Waals surface area contributed by atoms with Gasteiger partial charge in [0.25, 0.3) is 0 Å². The summed E-state index contributed by atoms with van der Waals surface area (Å²) in [5.41, 5.74) is 3.76. The lowest BCUT2D eigenvalue weighted by Gasteiger charge is -2.21. The lowest BCUT2D eigenvalue weighted by Crippen LogP contribution is -2.24. The molecule has 0 bridgehead atoms. The van der Waals surface area contributed by atoms with Crippen LogP contribution in [0.25, 0.3) is 11.0 Å². The van der Waals surface area contributed by atoms with E-state index in [-0.39, 0.29) is 0 Å². The summed E-state index contributed by atoms with van der Waals surface area (Å²) in [6.45, 7) is 1.38. The predicted octanol–water partition coefficient (Wildman–Crippen LogP) is 2.80. The fourth-order valence-electron chi connectivity index (χ4n) is 2.55. The first-order valence-electron chi connectivity index (χ1n) is 7.33. The zero-order valence-corrected chi connectivity index (χ0v) is 12.6. The number of likely N-dealkylation sites (N-methyl/N-ethyl adjacent to an activating group) is 1. The van der Waals surface area contributed by atoms with Crippen LogP contribution in [0.2, 0.25) is 0 Å². The van der Waals surface area contributed by atoms with Crippen molar-refractivity contribution < 1.29 is 5.11 Å². The summed E-state index contributed by atoms with van der Waals surface area (Å²) in [7, 11) is 2.01. The van der Waals surface area contributed by atoms with E-state index in [4.69, 9.17) is 0 Å². The molecule has 4 heteroatoms. The van der Waals surface area contributed by atoms with E-state index >= 15 is 0 Å². The molecule has 0 aliphatic heterocycles. The van der Waals surface area contributed by atoms with Gasteiger partial charge in [0, 0.05) is 25.5 Å². The number of hydrogen-bond acceptors (Lipinski definition) is 4. The van der Waals surface area contributed by atoms with Gasteiger partial charge in [-0.25, -0.2) is 0 Å². The fourth-order valence-corrected chi connectivity index (χ4v) is 2.55. The third kappa shape index (κ3) is 3.47. The zero-order valence-electron chi connectivity index (χ0n) is 12.6. The Kier molecular flexibility index (Phi) is 4.42. The molecule has 0 aliphatic rings. The van der Waals surface area contributed by atoms with Crippen LogP contribution in [-0.2, 0) is 6.54 Å². The number of fused-ring (bicyclic) bond motifs is 1. The molecule has 22 heavy (non-hydrogen) atoms. The summed E-state index contributed by atoms with van der Waals surface area (Å²) in [5.74, 6) is 0. The Morgan fingerprint density at radius 1 is 1.00 bits per heavy atom. The average molecular weight is 293 g/mol. The van der Waals surface area contributed by atoms with Gasteiger partial charge in [0.2, 0.25) is 0 Å². The summed E-state index contributed by atoms with van der Waals surface area (Å²) < 4.78 is 0. The van der Waals surface area contributed by atoms with Gasteiger partial charge in [-0.15, -0.1) is 0 Å². The fraction of sp³-hybridized carbons (Fsp3) is 0.222. The van der Waals surface area contributed by atoms with Crippen molar-refractivity contribution in [3.05, 3.63) is 72.1 Å². The molecule has 2 aromatic carbocycles. The van der Waals surface area contributed by atoms with Crippen molar-refractivity contribution in [2.24, 2.45) is 0 Å². The molecule has 1 aromatic heterocycles. The molecule has 0 radical (unpaired) electrons. The molecular formula is C18H19N3O. The van der Waals surface area contributed by atoms with Gasteiger partial charge in [-0.2, -0.15) is 0 Å². The molecule has 0 amide bonds. The lowest BCUT2D eigenvalue weighted by atomic mass is 10.1. The Morgan fingerprint density at radius 2 is 1.73 bits per heavy atom. The molecule has 3 rings (SSSR count). The summed E-state index contributed by atoms with van der Waals surface area (Å²) in [5, 5.41) is 10.4. The van der Waals surface area contributed by atoms with Crippen LogP contribution in [0, 0.1) is 0 Å². The number of aliphatic hydroxyl groups excluding tert-OH is 1. The first kappa shape index (κ1) is 14.6. The third-order valence-electron chi connectivity index (χ3n) is 3.66. The van der Waals surface area contributed by atoms with Gasteiger partial charge in [0.05, 0.1) is 17.1 Å². The number of hydrogen-bond donors (Lipinski definition) is 1. The quantitative estimate of drug-likeness (QED) is 0.786. The highest BCUT2D eigenvalue weighted by Crippen LogP contribution is 2.19. The summed E-state index contributed by atoms with van der Waals surface area (Å²) in [4.78, 5) is 10.6. The number of aromatic nitrogens is 2. The zero-order chi connectivity index (χ0) is 15.4. The highest BCUT2D eigenvalue weighted by Gasteiger charge is 2.12. The number of benzene rings is 2. The van der Waals surface area contributed by atoms with Crippen molar-refractivity contribution in [2.45, 2.75) is 12.6 Å². The lowest BCUT2D eigenvalue weighted by molar-refractivity contribution is 0.124. The van der Waals surface area contributed by atoms with Crippen molar-refractivity contribution >= 4 is 11.0 Å². The third-order valence-corrected chi connectivity index (χ3v) is 3.66. The van der Waals surface area contributed by atoms with Crippen LogP contribution in [0.5, 0.6) is 0 Å². The van der Waals surface area contributed by atoms with Crippen LogP contribution >= 0.6 is 0 Å². The van der Waals surface area contributed by atoms with E-state index in [0.29, 0.717) is 6.54 Å². The van der Waals surface area contributed by atoms with Crippen molar-refractivity contribution in [2.75, 3.05) is 13.6 Å². The van der Waals surface area contributed by atoms with Gasteiger partial charge < -0.3 is 5.11 Å². The van der Waals surface area contributed by atoms with Crippen LogP contribution in [0.4, 0.5) is 0 Å². The van der Waals surface area contributed by atoms with E-state index in [1.807, 2.05) is 43.4 Å². The molecule has 4 nitrogen and oxygen atoms in total. The van der Waals surface area contributed by atoms with E-state index in [9.17, 15) is 5.11 Å². The molecule has 1 atom stereocenters. The van der Waals surface area contributed by atoms with Gasteiger partial charge in [-0.1, -0.05) is 36.4 Å². The summed E-state index contributed by atoms with van der Waals surface area (Å²) in [6.07, 6.45) is 2.80. The topological polar surface area (TPSA) is 49.2 Å². The second-order valence-corrected chi connectivity index (χ2v) is 5.50. The Balaban J connectivity index is 1.68. The predicted molar refractivity (Wildman–Crippen MR) is 87.3 cm³/mol. The van der Waals surface area contributed by atoms with Crippen LogP contribution in [0.15, 0.2) is 60.9 Å². The SMILES string of the molecule is CN(Cc1ccccc1)C[C@H](O)c1ccc2nccnc2c1. The molecule has 0 saturated carbocycles. The maximum Gasteiger partial charge on any atom is 0.0917 e. The second kappa shape index (κ2) is 6.64. The minimum absolute atomic E-state index is 0.542. The second-order valence-electron chi connectivity index (χ2n) is 5.50. The Hall–Kier alpha value is -2.30. The normalized spacial score (nSPS) is 12.7. The van der Waals surface area contributed by atoms with Crippen molar-refractivity contribution in [3.63, 3.8) is 0 Å². The Bertz CT molecular complexity index is 745. The highest BCUT2D eigenvalue weighted by atomic mass is 16.3. The van der Waals surface area contributed by atoms with E-state index < -0.39 is 6.10 Å². The average Bonchev–Trinajstić information content (AvgIpc) is 2.55. The van der Waals surface area contributed by atoms with Crippen molar-refractivity contribution in [1.29, 1.82) is 0 Å². The molecule has 0 fully saturated rings. The maximum atomic E-state index is 10.4. The first-order chi connectivity index (χ1) is 10.7. The molecule has 1 N–H and O–H groups in total. The van der Waals surface area contributed by atoms with Gasteiger partial charge in [-0.05, 0) is 30.3 Å². The van der Waals surface area contributed by atoms with E-state index in [2.05, 4.69) is 27.0 Å². The smallest absolute Gasteiger partial charge is 0.0917 e. The van der Waals surface area contributed by atoms with Gasteiger partial charge >= 0.3 is 0 Å². The largest absolute Gasteiger partial charge is 0.387 e. The van der Waals surface area contributed by atoms with Crippen LogP contribution in [-0.4, -0.2) is 33.6 Å². The molecule has 112 valence electrons. The molecule has 0 unspecified atom stereocenters. The van der Waals surface area contributed by atoms with Crippen LogP contribution in [0.1, 0.15) is 17.2 Å². The van der Waals surface area contributed by atoms with Crippen molar-refractivity contribution in [3.8, 4) is 0 Å². The van der Waals surface area contributed by atoms with Crippen LogP contribution < -0.4 is 0 Å². The van der Waals surface area contributed by atoms with Gasteiger partial charge in [0.15, 0.2) is 0 Å². The molecule has 0 aliphatic carbocycles. The standard InChI is InChI=1S/C18H19N3O/c1-21(12-14-5-3-2-4-6-14)13-18(22)15-7-8-16-17(11-15)20-10-9-19-16/h2-11,18,22H,12-13H2,1H3/t18-/m0/s1. The number of nitrogens with zero attached hydrogens (tertiary/aromatic N) is 3.